The molecule has 0 unspecified atom stereocenters. The van der Waals surface area contributed by atoms with Gasteiger partial charge in [-0.1, -0.05) is 6.07 Å². The second-order valence-corrected chi connectivity index (χ2v) is 6.26. The van der Waals surface area contributed by atoms with Crippen LogP contribution in [-0.4, -0.2) is 30.5 Å². The first kappa shape index (κ1) is 12.6. The third kappa shape index (κ3) is 2.31. The molecule has 4 rings (SSSR count). The average molecular weight is 274 g/mol. The summed E-state index contributed by atoms with van der Waals surface area (Å²) in [5.41, 5.74) is 2.59. The Labute approximate surface area is 119 Å². The van der Waals surface area contributed by atoms with E-state index in [0.29, 0.717) is 0 Å². The van der Waals surface area contributed by atoms with Crippen LogP contribution in [0.3, 0.4) is 0 Å². The fourth-order valence-corrected chi connectivity index (χ4v) is 3.62. The summed E-state index contributed by atoms with van der Waals surface area (Å²) in [6.45, 7) is 2.60. The molecule has 1 aromatic rings. The lowest BCUT2D eigenvalue weighted by atomic mass is 9.76. The Kier molecular flexibility index (Phi) is 3.15. The summed E-state index contributed by atoms with van der Waals surface area (Å²) in [5, 5.41) is 3.41. The van der Waals surface area contributed by atoms with E-state index in [4.69, 9.17) is 14.5 Å². The highest BCUT2D eigenvalue weighted by Gasteiger charge is 2.48. The molecular weight excluding hydrogens is 252 g/mol. The first-order valence-corrected chi connectivity index (χ1v) is 7.84. The lowest BCUT2D eigenvalue weighted by molar-refractivity contribution is -0.231. The number of aromatic nitrogens is 1. The normalized spacial score (nSPS) is 24.2. The minimum absolute atomic E-state index is 0.199. The Morgan fingerprint density at radius 3 is 2.95 bits per heavy atom. The number of hydrogen-bond acceptors (Lipinski definition) is 4. The van der Waals surface area contributed by atoms with Crippen LogP contribution in [0.1, 0.15) is 36.9 Å². The predicted molar refractivity (Wildman–Crippen MR) is 76.7 cm³/mol. The summed E-state index contributed by atoms with van der Waals surface area (Å²) in [6, 6.07) is 4.44. The Morgan fingerprint density at radius 1 is 1.25 bits per heavy atom. The van der Waals surface area contributed by atoms with E-state index >= 15 is 0 Å². The summed E-state index contributed by atoms with van der Waals surface area (Å²) in [4.78, 5) is 4.76. The minimum atomic E-state index is -0.199. The zero-order valence-corrected chi connectivity index (χ0v) is 11.9. The molecule has 1 aromatic heterocycles. The molecule has 3 heterocycles. The topological polar surface area (TPSA) is 43.4 Å². The molecule has 1 saturated carbocycles. The smallest absolute Gasteiger partial charge is 0.169 e. The first-order chi connectivity index (χ1) is 9.83. The number of anilines is 1. The van der Waals surface area contributed by atoms with Gasteiger partial charge in [-0.05, 0) is 43.2 Å². The van der Waals surface area contributed by atoms with Crippen molar-refractivity contribution in [3.8, 4) is 0 Å². The van der Waals surface area contributed by atoms with Crippen LogP contribution in [0.5, 0.6) is 0 Å². The maximum atomic E-state index is 5.69. The van der Waals surface area contributed by atoms with Crippen molar-refractivity contribution >= 4 is 5.82 Å². The van der Waals surface area contributed by atoms with Crippen LogP contribution in [0, 0.1) is 5.92 Å². The molecular formula is C16H22N2O2. The number of fused-ring (bicyclic) bond motifs is 1. The van der Waals surface area contributed by atoms with Gasteiger partial charge in [0.15, 0.2) is 5.79 Å². The van der Waals surface area contributed by atoms with Gasteiger partial charge >= 0.3 is 0 Å². The van der Waals surface area contributed by atoms with Crippen molar-refractivity contribution in [2.45, 2.75) is 44.3 Å². The zero-order valence-electron chi connectivity index (χ0n) is 11.9. The molecule has 2 fully saturated rings. The first-order valence-electron chi connectivity index (χ1n) is 7.84. The largest absolute Gasteiger partial charge is 0.370 e. The average Bonchev–Trinajstić information content (AvgIpc) is 2.93. The summed E-state index contributed by atoms with van der Waals surface area (Å²) < 4.78 is 11.4. The van der Waals surface area contributed by atoms with Crippen LogP contribution in [0.25, 0.3) is 0 Å². The Balaban J connectivity index is 1.32. The van der Waals surface area contributed by atoms with Crippen molar-refractivity contribution in [1.82, 2.24) is 4.98 Å². The van der Waals surface area contributed by atoms with Gasteiger partial charge in [-0.25, -0.2) is 4.98 Å². The molecule has 1 N–H and O–H groups in total. The van der Waals surface area contributed by atoms with Crippen molar-refractivity contribution in [3.63, 3.8) is 0 Å². The third-order valence-electron chi connectivity index (χ3n) is 4.77. The van der Waals surface area contributed by atoms with Crippen LogP contribution in [-0.2, 0) is 22.3 Å². The number of nitrogens with zero attached hydrogens (tertiary/aromatic N) is 1. The van der Waals surface area contributed by atoms with Crippen molar-refractivity contribution in [1.29, 1.82) is 0 Å². The second-order valence-electron chi connectivity index (χ2n) is 6.26. The van der Waals surface area contributed by atoms with Crippen molar-refractivity contribution in [2.24, 2.45) is 5.92 Å². The van der Waals surface area contributed by atoms with Gasteiger partial charge in [0.05, 0.1) is 13.2 Å². The Hall–Kier alpha value is -1.13. The number of pyridine rings is 1. The van der Waals surface area contributed by atoms with E-state index in [0.717, 1.165) is 57.2 Å². The lowest BCUT2D eigenvalue weighted by Gasteiger charge is -2.43. The highest BCUT2D eigenvalue weighted by atomic mass is 16.7. The maximum absolute atomic E-state index is 5.69. The maximum Gasteiger partial charge on any atom is 0.169 e. The third-order valence-corrected chi connectivity index (χ3v) is 4.77. The summed E-state index contributed by atoms with van der Waals surface area (Å²) in [6.07, 6.45) is 6.77. The van der Waals surface area contributed by atoms with Crippen molar-refractivity contribution in [3.05, 3.63) is 23.4 Å². The molecule has 4 heteroatoms. The number of ether oxygens (including phenoxy) is 2. The molecule has 0 aromatic carbocycles. The molecule has 1 aliphatic carbocycles. The van der Waals surface area contributed by atoms with Gasteiger partial charge in [0.2, 0.25) is 0 Å². The molecule has 0 atom stereocenters. The summed E-state index contributed by atoms with van der Waals surface area (Å²) in [7, 11) is 0. The molecule has 2 aliphatic heterocycles. The minimum Gasteiger partial charge on any atom is -0.370 e. The molecule has 20 heavy (non-hydrogen) atoms. The molecule has 108 valence electrons. The molecule has 3 aliphatic rings. The lowest BCUT2D eigenvalue weighted by Crippen LogP contribution is -2.44. The fraction of sp³-hybridized carbons (Fsp3) is 0.688. The number of rotatable bonds is 3. The molecule has 4 nitrogen and oxygen atoms in total. The Bertz CT molecular complexity index is 489. The van der Waals surface area contributed by atoms with Crippen LogP contribution >= 0.6 is 0 Å². The van der Waals surface area contributed by atoms with E-state index in [2.05, 4.69) is 17.4 Å². The van der Waals surface area contributed by atoms with Gasteiger partial charge in [0, 0.05) is 25.1 Å². The molecule has 1 spiro atoms. The van der Waals surface area contributed by atoms with Gasteiger partial charge in [-0.3, -0.25) is 0 Å². The van der Waals surface area contributed by atoms with Gasteiger partial charge in [-0.15, -0.1) is 0 Å². The Morgan fingerprint density at radius 2 is 2.10 bits per heavy atom. The van der Waals surface area contributed by atoms with Gasteiger partial charge in [-0.2, -0.15) is 0 Å². The van der Waals surface area contributed by atoms with Crippen molar-refractivity contribution in [2.75, 3.05) is 25.1 Å². The van der Waals surface area contributed by atoms with Crippen LogP contribution < -0.4 is 5.32 Å². The molecule has 0 bridgehead atoms. The van der Waals surface area contributed by atoms with E-state index in [9.17, 15) is 0 Å². The van der Waals surface area contributed by atoms with E-state index in [1.807, 2.05) is 0 Å². The van der Waals surface area contributed by atoms with E-state index in [1.165, 1.54) is 24.1 Å². The fourth-order valence-electron chi connectivity index (χ4n) is 3.62. The van der Waals surface area contributed by atoms with Gasteiger partial charge in [0.1, 0.15) is 5.82 Å². The van der Waals surface area contributed by atoms with E-state index < -0.39 is 0 Å². The zero-order chi connectivity index (χ0) is 13.4. The van der Waals surface area contributed by atoms with Crippen LogP contribution in [0.15, 0.2) is 12.1 Å². The molecule has 1 saturated heterocycles. The highest BCUT2D eigenvalue weighted by molar-refractivity contribution is 5.46. The SMILES string of the molecule is c1cc2c(nc1CCC1CC3(C1)OCCO3)NCCC2. The van der Waals surface area contributed by atoms with Crippen LogP contribution in [0.4, 0.5) is 5.82 Å². The molecule has 0 amide bonds. The molecule has 0 radical (unpaired) electrons. The number of nitrogens with one attached hydrogen (secondary N) is 1. The summed E-state index contributed by atoms with van der Waals surface area (Å²) >= 11 is 0. The quantitative estimate of drug-likeness (QED) is 0.920. The second kappa shape index (κ2) is 5.01. The van der Waals surface area contributed by atoms with Gasteiger partial charge < -0.3 is 14.8 Å². The van der Waals surface area contributed by atoms with Gasteiger partial charge in [0.25, 0.3) is 0 Å². The number of hydrogen-bond donors (Lipinski definition) is 1. The van der Waals surface area contributed by atoms with E-state index in [-0.39, 0.29) is 5.79 Å². The monoisotopic (exact) mass is 274 g/mol. The predicted octanol–water partition coefficient (Wildman–Crippen LogP) is 2.53. The standard InChI is InChI=1S/C16H22N2O2/c1-2-13-4-6-14(18-15(13)17-7-1)5-3-12-10-16(11-12)19-8-9-20-16/h4,6,12H,1-3,5,7-11H2,(H,17,18). The number of aryl methyl sites for hydroxylation is 2. The summed E-state index contributed by atoms with van der Waals surface area (Å²) in [5.74, 6) is 1.65. The van der Waals surface area contributed by atoms with Crippen LogP contribution in [0.2, 0.25) is 0 Å². The highest BCUT2D eigenvalue weighted by Crippen LogP contribution is 2.46. The van der Waals surface area contributed by atoms with Crippen molar-refractivity contribution < 1.29 is 9.47 Å². The van der Waals surface area contributed by atoms with E-state index in [1.54, 1.807) is 0 Å².